The Morgan fingerprint density at radius 2 is 1.92 bits per heavy atom. The van der Waals surface area contributed by atoms with Crippen LogP contribution in [0.2, 0.25) is 5.02 Å². The Hall–Kier alpha value is -1.71. The summed E-state index contributed by atoms with van der Waals surface area (Å²) in [5.74, 6) is 0. The van der Waals surface area contributed by atoms with E-state index >= 15 is 0 Å². The number of hydrogen-bond donors (Lipinski definition) is 2. The first-order valence-electron chi connectivity index (χ1n) is 8.41. The van der Waals surface area contributed by atoms with Crippen molar-refractivity contribution >= 4 is 23.0 Å². The normalized spacial score (nSPS) is 20.0. The number of hydrogen-bond acceptors (Lipinski definition) is 3. The van der Waals surface area contributed by atoms with Gasteiger partial charge in [0.1, 0.15) is 5.54 Å². The van der Waals surface area contributed by atoms with Crippen LogP contribution < -0.4 is 10.6 Å². The molecule has 1 fully saturated rings. The summed E-state index contributed by atoms with van der Waals surface area (Å²) < 4.78 is 5.56. The Bertz CT molecular complexity index is 796. The van der Waals surface area contributed by atoms with Gasteiger partial charge in [-0.1, -0.05) is 43.6 Å². The lowest BCUT2D eigenvalue weighted by Crippen LogP contribution is -2.53. The van der Waals surface area contributed by atoms with Gasteiger partial charge in [0, 0.05) is 28.4 Å². The van der Waals surface area contributed by atoms with Gasteiger partial charge in [0.05, 0.1) is 13.2 Å². The molecule has 0 bridgehead atoms. The molecule has 2 aromatic rings. The zero-order chi connectivity index (χ0) is 16.9. The summed E-state index contributed by atoms with van der Waals surface area (Å²) in [6.07, 6.45) is 0. The van der Waals surface area contributed by atoms with Crippen LogP contribution in [-0.4, -0.2) is 19.8 Å². The van der Waals surface area contributed by atoms with Crippen LogP contribution in [-0.2, 0) is 15.7 Å². The van der Waals surface area contributed by atoms with Gasteiger partial charge in [0.15, 0.2) is 0 Å². The second-order valence-electron chi connectivity index (χ2n) is 7.61. The first-order valence-corrected chi connectivity index (χ1v) is 8.79. The lowest BCUT2D eigenvalue weighted by atomic mass is 9.84. The Morgan fingerprint density at radius 1 is 1.12 bits per heavy atom. The minimum absolute atomic E-state index is 0.189. The van der Waals surface area contributed by atoms with Crippen LogP contribution in [0.25, 0.3) is 0 Å². The minimum atomic E-state index is -0.197. The summed E-state index contributed by atoms with van der Waals surface area (Å²) in [5.41, 5.74) is 6.05. The average Bonchev–Trinajstić information content (AvgIpc) is 2.81. The Morgan fingerprint density at radius 3 is 2.62 bits per heavy atom. The fourth-order valence-electron chi connectivity index (χ4n) is 3.77. The average molecular weight is 343 g/mol. The number of rotatable bonds is 3. The molecule has 0 amide bonds. The van der Waals surface area contributed by atoms with E-state index in [4.69, 9.17) is 16.3 Å². The van der Waals surface area contributed by atoms with Gasteiger partial charge in [-0.2, -0.15) is 0 Å². The molecule has 0 aromatic heterocycles. The van der Waals surface area contributed by atoms with Crippen molar-refractivity contribution in [2.75, 3.05) is 30.4 Å². The van der Waals surface area contributed by atoms with E-state index in [0.717, 1.165) is 22.8 Å². The molecule has 2 aliphatic rings. The molecule has 1 saturated heterocycles. The van der Waals surface area contributed by atoms with Gasteiger partial charge in [0.25, 0.3) is 0 Å². The number of benzene rings is 2. The molecule has 3 nitrogen and oxygen atoms in total. The molecule has 0 saturated carbocycles. The standard InChI is InChI=1S/C20H23ClN2O/c1-13-15(5-4-6-17(13)21)20(11-24-12-20)23-14-7-8-16-18(9-14)22-10-19(16,2)3/h4-9,22-23H,10-12H2,1-3H3. The zero-order valence-electron chi connectivity index (χ0n) is 14.4. The van der Waals surface area contributed by atoms with Crippen molar-refractivity contribution in [3.8, 4) is 0 Å². The fraction of sp³-hybridized carbons (Fsp3) is 0.400. The predicted octanol–water partition coefficient (Wildman–Crippen LogP) is 4.69. The highest BCUT2D eigenvalue weighted by Gasteiger charge is 2.42. The van der Waals surface area contributed by atoms with E-state index in [-0.39, 0.29) is 11.0 Å². The third-order valence-electron chi connectivity index (χ3n) is 5.33. The van der Waals surface area contributed by atoms with Gasteiger partial charge in [-0.15, -0.1) is 0 Å². The number of fused-ring (bicyclic) bond motifs is 1. The lowest BCUT2D eigenvalue weighted by Gasteiger charge is -2.44. The molecule has 2 heterocycles. The number of ether oxygens (including phenoxy) is 1. The van der Waals surface area contributed by atoms with Crippen molar-refractivity contribution < 1.29 is 4.74 Å². The van der Waals surface area contributed by atoms with Crippen LogP contribution in [0.15, 0.2) is 36.4 Å². The second kappa shape index (κ2) is 5.40. The van der Waals surface area contributed by atoms with Crippen LogP contribution in [0, 0.1) is 6.92 Å². The summed E-state index contributed by atoms with van der Waals surface area (Å²) in [6.45, 7) is 8.92. The molecule has 4 heteroatoms. The molecule has 0 radical (unpaired) electrons. The summed E-state index contributed by atoms with van der Waals surface area (Å²) in [6, 6.07) is 12.7. The first-order chi connectivity index (χ1) is 11.4. The van der Waals surface area contributed by atoms with E-state index in [0.29, 0.717) is 13.2 Å². The van der Waals surface area contributed by atoms with Gasteiger partial charge in [-0.05, 0) is 41.8 Å². The van der Waals surface area contributed by atoms with Crippen molar-refractivity contribution in [3.63, 3.8) is 0 Å². The van der Waals surface area contributed by atoms with Gasteiger partial charge in [-0.25, -0.2) is 0 Å². The fourth-order valence-corrected chi connectivity index (χ4v) is 3.95. The lowest BCUT2D eigenvalue weighted by molar-refractivity contribution is -0.0449. The topological polar surface area (TPSA) is 33.3 Å². The largest absolute Gasteiger partial charge is 0.384 e. The molecular weight excluding hydrogens is 320 g/mol. The number of halogens is 1. The first kappa shape index (κ1) is 15.8. The van der Waals surface area contributed by atoms with E-state index in [1.165, 1.54) is 16.8 Å². The maximum absolute atomic E-state index is 6.33. The van der Waals surface area contributed by atoms with Crippen LogP contribution in [0.5, 0.6) is 0 Å². The van der Waals surface area contributed by atoms with E-state index in [2.05, 4.69) is 55.7 Å². The van der Waals surface area contributed by atoms with Crippen LogP contribution >= 0.6 is 11.6 Å². The highest BCUT2D eigenvalue weighted by Crippen LogP contribution is 2.41. The Balaban J connectivity index is 1.68. The molecule has 126 valence electrons. The molecule has 2 aliphatic heterocycles. The quantitative estimate of drug-likeness (QED) is 0.849. The van der Waals surface area contributed by atoms with Gasteiger partial charge < -0.3 is 15.4 Å². The van der Waals surface area contributed by atoms with E-state index in [1.807, 2.05) is 12.1 Å². The zero-order valence-corrected chi connectivity index (χ0v) is 15.1. The third kappa shape index (κ3) is 2.38. The van der Waals surface area contributed by atoms with E-state index in [1.54, 1.807) is 0 Å². The van der Waals surface area contributed by atoms with Crippen molar-refractivity contribution in [2.45, 2.75) is 31.7 Å². The highest BCUT2D eigenvalue weighted by molar-refractivity contribution is 6.31. The molecule has 4 rings (SSSR count). The third-order valence-corrected chi connectivity index (χ3v) is 5.74. The monoisotopic (exact) mass is 342 g/mol. The maximum atomic E-state index is 6.33. The molecule has 2 N–H and O–H groups in total. The number of anilines is 2. The summed E-state index contributed by atoms with van der Waals surface area (Å²) in [5, 5.41) is 8.03. The molecule has 0 aliphatic carbocycles. The van der Waals surface area contributed by atoms with Crippen molar-refractivity contribution in [2.24, 2.45) is 0 Å². The van der Waals surface area contributed by atoms with Crippen molar-refractivity contribution in [3.05, 3.63) is 58.1 Å². The maximum Gasteiger partial charge on any atom is 0.110 e. The van der Waals surface area contributed by atoms with Gasteiger partial charge in [0.2, 0.25) is 0 Å². The molecule has 0 unspecified atom stereocenters. The Labute approximate surface area is 148 Å². The summed E-state index contributed by atoms with van der Waals surface area (Å²) in [7, 11) is 0. The molecule has 0 atom stereocenters. The van der Waals surface area contributed by atoms with Gasteiger partial charge >= 0.3 is 0 Å². The Kier molecular flexibility index (Phi) is 3.55. The molecular formula is C20H23ClN2O. The number of nitrogens with one attached hydrogen (secondary N) is 2. The smallest absolute Gasteiger partial charge is 0.110 e. The molecule has 0 spiro atoms. The molecule has 2 aromatic carbocycles. The summed E-state index contributed by atoms with van der Waals surface area (Å²) >= 11 is 6.33. The minimum Gasteiger partial charge on any atom is -0.384 e. The van der Waals surface area contributed by atoms with Crippen molar-refractivity contribution in [1.82, 2.24) is 0 Å². The second-order valence-corrected chi connectivity index (χ2v) is 8.02. The van der Waals surface area contributed by atoms with Crippen LogP contribution in [0.4, 0.5) is 11.4 Å². The van der Waals surface area contributed by atoms with Gasteiger partial charge in [-0.3, -0.25) is 0 Å². The van der Waals surface area contributed by atoms with E-state index in [9.17, 15) is 0 Å². The van der Waals surface area contributed by atoms with Crippen LogP contribution in [0.1, 0.15) is 30.5 Å². The highest BCUT2D eigenvalue weighted by atomic mass is 35.5. The molecule has 24 heavy (non-hydrogen) atoms. The van der Waals surface area contributed by atoms with Crippen molar-refractivity contribution in [1.29, 1.82) is 0 Å². The van der Waals surface area contributed by atoms with E-state index < -0.39 is 0 Å². The predicted molar refractivity (Wildman–Crippen MR) is 100 cm³/mol. The van der Waals surface area contributed by atoms with Crippen LogP contribution in [0.3, 0.4) is 0 Å². The summed E-state index contributed by atoms with van der Waals surface area (Å²) in [4.78, 5) is 0. The SMILES string of the molecule is Cc1c(Cl)cccc1C1(Nc2ccc3c(c2)NCC3(C)C)COC1.